The molecule has 1 aromatic heterocycles. The Balaban J connectivity index is 2.40. The zero-order chi connectivity index (χ0) is 13.8. The van der Waals surface area contributed by atoms with Crippen molar-refractivity contribution in [2.75, 3.05) is 12.4 Å². The minimum absolute atomic E-state index is 0.0783. The van der Waals surface area contributed by atoms with Gasteiger partial charge in [-0.1, -0.05) is 17.7 Å². The second-order valence-electron chi connectivity index (χ2n) is 4.10. The van der Waals surface area contributed by atoms with Gasteiger partial charge in [-0.05, 0) is 24.6 Å². The van der Waals surface area contributed by atoms with Crippen LogP contribution in [0.25, 0.3) is 0 Å². The highest BCUT2D eigenvalue weighted by Gasteiger charge is 2.09. The van der Waals surface area contributed by atoms with Gasteiger partial charge in [0.15, 0.2) is 0 Å². The fourth-order valence-electron chi connectivity index (χ4n) is 1.74. The Morgan fingerprint density at radius 1 is 1.42 bits per heavy atom. The number of nitrogens with zero attached hydrogens (tertiary/aromatic N) is 1. The molecule has 1 heterocycles. The Bertz CT molecular complexity index is 588. The van der Waals surface area contributed by atoms with Crippen molar-refractivity contribution < 1.29 is 9.84 Å². The van der Waals surface area contributed by atoms with Gasteiger partial charge in [0.05, 0.1) is 19.4 Å². The van der Waals surface area contributed by atoms with Gasteiger partial charge in [-0.3, -0.25) is 0 Å². The van der Waals surface area contributed by atoms with Crippen LogP contribution in [0.5, 0.6) is 5.75 Å². The zero-order valence-corrected chi connectivity index (χ0v) is 11.5. The fourth-order valence-corrected chi connectivity index (χ4v) is 1.89. The molecule has 0 unspecified atom stereocenters. The van der Waals surface area contributed by atoms with E-state index in [1.54, 1.807) is 25.4 Å². The molecule has 0 aliphatic heterocycles. The molecule has 100 valence electrons. The van der Waals surface area contributed by atoms with Crippen molar-refractivity contribution in [3.63, 3.8) is 0 Å². The van der Waals surface area contributed by atoms with Crippen molar-refractivity contribution in [2.24, 2.45) is 0 Å². The highest BCUT2D eigenvalue weighted by molar-refractivity contribution is 6.31. The summed E-state index contributed by atoms with van der Waals surface area (Å²) in [6, 6.07) is 7.23. The predicted molar refractivity (Wildman–Crippen MR) is 76.2 cm³/mol. The van der Waals surface area contributed by atoms with E-state index < -0.39 is 0 Å². The highest BCUT2D eigenvalue weighted by atomic mass is 35.5. The summed E-state index contributed by atoms with van der Waals surface area (Å²) >= 11 is 6.06. The summed E-state index contributed by atoms with van der Waals surface area (Å²) in [5.41, 5.74) is 2.42. The molecule has 19 heavy (non-hydrogen) atoms. The third-order valence-corrected chi connectivity index (χ3v) is 3.20. The maximum absolute atomic E-state index is 9.29. The number of anilines is 2. The Morgan fingerprint density at radius 2 is 2.21 bits per heavy atom. The van der Waals surface area contributed by atoms with Crippen molar-refractivity contribution in [3.8, 4) is 5.75 Å². The SMILES string of the molecule is COc1cc(Cl)c(C)cc1Nc1ncccc1CO. The fraction of sp³-hybridized carbons (Fsp3) is 0.214. The third kappa shape index (κ3) is 2.97. The summed E-state index contributed by atoms with van der Waals surface area (Å²) in [6.45, 7) is 1.84. The molecule has 0 saturated carbocycles. The Labute approximate surface area is 117 Å². The summed E-state index contributed by atoms with van der Waals surface area (Å²) in [4.78, 5) is 4.21. The topological polar surface area (TPSA) is 54.4 Å². The molecule has 0 aliphatic rings. The monoisotopic (exact) mass is 278 g/mol. The molecule has 0 atom stereocenters. The van der Waals surface area contributed by atoms with Gasteiger partial charge >= 0.3 is 0 Å². The van der Waals surface area contributed by atoms with E-state index in [1.165, 1.54) is 0 Å². The number of hydrogen-bond donors (Lipinski definition) is 2. The highest BCUT2D eigenvalue weighted by Crippen LogP contribution is 2.33. The first-order valence-corrected chi connectivity index (χ1v) is 6.19. The van der Waals surface area contributed by atoms with Gasteiger partial charge in [-0.15, -0.1) is 0 Å². The average molecular weight is 279 g/mol. The smallest absolute Gasteiger partial charge is 0.143 e. The van der Waals surface area contributed by atoms with Crippen molar-refractivity contribution in [3.05, 3.63) is 46.6 Å². The standard InChI is InChI=1S/C14H15ClN2O2/c1-9-6-12(13(19-2)7-11(9)15)17-14-10(8-18)4-3-5-16-14/h3-7,18H,8H2,1-2H3,(H,16,17). The summed E-state index contributed by atoms with van der Waals surface area (Å²) in [5.74, 6) is 1.23. The van der Waals surface area contributed by atoms with Crippen LogP contribution >= 0.6 is 11.6 Å². The van der Waals surface area contributed by atoms with Crippen LogP contribution in [0.3, 0.4) is 0 Å². The van der Waals surface area contributed by atoms with E-state index in [1.807, 2.05) is 19.1 Å². The number of aliphatic hydroxyl groups excluding tert-OH is 1. The molecule has 0 spiro atoms. The van der Waals surface area contributed by atoms with E-state index in [-0.39, 0.29) is 6.61 Å². The third-order valence-electron chi connectivity index (χ3n) is 2.80. The molecule has 0 saturated heterocycles. The molecule has 4 nitrogen and oxygen atoms in total. The summed E-state index contributed by atoms with van der Waals surface area (Å²) < 4.78 is 5.29. The second-order valence-corrected chi connectivity index (χ2v) is 4.50. The van der Waals surface area contributed by atoms with E-state index in [2.05, 4.69) is 10.3 Å². The normalized spacial score (nSPS) is 10.3. The quantitative estimate of drug-likeness (QED) is 0.901. The van der Waals surface area contributed by atoms with Crippen LogP contribution in [0.15, 0.2) is 30.5 Å². The molecule has 0 fully saturated rings. The maximum atomic E-state index is 9.29. The van der Waals surface area contributed by atoms with Crippen LogP contribution < -0.4 is 10.1 Å². The molecular weight excluding hydrogens is 264 g/mol. The van der Waals surface area contributed by atoms with Gasteiger partial charge in [0, 0.05) is 22.8 Å². The number of halogens is 1. The summed E-state index contributed by atoms with van der Waals surface area (Å²) in [7, 11) is 1.58. The lowest BCUT2D eigenvalue weighted by Gasteiger charge is -2.14. The number of methoxy groups -OCH3 is 1. The zero-order valence-electron chi connectivity index (χ0n) is 10.8. The van der Waals surface area contributed by atoms with Crippen LogP contribution in [-0.2, 0) is 6.61 Å². The van der Waals surface area contributed by atoms with Crippen molar-refractivity contribution in [1.82, 2.24) is 4.98 Å². The maximum Gasteiger partial charge on any atom is 0.143 e. The average Bonchev–Trinajstić information content (AvgIpc) is 2.43. The van der Waals surface area contributed by atoms with Crippen LogP contribution in [0, 0.1) is 6.92 Å². The molecule has 0 bridgehead atoms. The number of ether oxygens (including phenoxy) is 1. The van der Waals surface area contributed by atoms with E-state index in [0.717, 1.165) is 16.8 Å². The first-order chi connectivity index (χ1) is 9.15. The molecular formula is C14H15ClN2O2. The van der Waals surface area contributed by atoms with Gasteiger partial charge in [-0.25, -0.2) is 4.98 Å². The second kappa shape index (κ2) is 5.91. The molecule has 0 amide bonds. The van der Waals surface area contributed by atoms with Crippen molar-refractivity contribution in [1.29, 1.82) is 0 Å². The number of rotatable bonds is 4. The minimum atomic E-state index is -0.0783. The number of aliphatic hydroxyl groups is 1. The Kier molecular flexibility index (Phi) is 4.24. The number of pyridine rings is 1. The first-order valence-electron chi connectivity index (χ1n) is 5.81. The largest absolute Gasteiger partial charge is 0.495 e. The van der Waals surface area contributed by atoms with Gasteiger partial charge < -0.3 is 15.2 Å². The molecule has 2 aromatic rings. The van der Waals surface area contributed by atoms with E-state index in [0.29, 0.717) is 16.6 Å². The summed E-state index contributed by atoms with van der Waals surface area (Å²) in [6.07, 6.45) is 1.66. The number of benzene rings is 1. The van der Waals surface area contributed by atoms with Gasteiger partial charge in [0.2, 0.25) is 0 Å². The lowest BCUT2D eigenvalue weighted by molar-refractivity contribution is 0.282. The van der Waals surface area contributed by atoms with E-state index in [4.69, 9.17) is 16.3 Å². The Hall–Kier alpha value is -1.78. The van der Waals surface area contributed by atoms with Gasteiger partial charge in [-0.2, -0.15) is 0 Å². The number of hydrogen-bond acceptors (Lipinski definition) is 4. The first kappa shape index (κ1) is 13.6. The number of nitrogens with one attached hydrogen (secondary N) is 1. The predicted octanol–water partition coefficient (Wildman–Crippen LogP) is 3.29. The molecule has 1 aromatic carbocycles. The lowest BCUT2D eigenvalue weighted by atomic mass is 10.2. The molecule has 0 radical (unpaired) electrons. The Morgan fingerprint density at radius 3 is 2.89 bits per heavy atom. The van der Waals surface area contributed by atoms with E-state index in [9.17, 15) is 5.11 Å². The van der Waals surface area contributed by atoms with Gasteiger partial charge in [0.1, 0.15) is 11.6 Å². The number of aromatic nitrogens is 1. The lowest BCUT2D eigenvalue weighted by Crippen LogP contribution is -2.01. The molecule has 2 rings (SSSR count). The van der Waals surface area contributed by atoms with Gasteiger partial charge in [0.25, 0.3) is 0 Å². The van der Waals surface area contributed by atoms with Crippen LogP contribution in [0.2, 0.25) is 5.02 Å². The minimum Gasteiger partial charge on any atom is -0.495 e. The molecule has 2 N–H and O–H groups in total. The van der Waals surface area contributed by atoms with Crippen LogP contribution in [0.1, 0.15) is 11.1 Å². The number of aryl methyl sites for hydroxylation is 1. The molecule has 5 heteroatoms. The van der Waals surface area contributed by atoms with Crippen LogP contribution in [0.4, 0.5) is 11.5 Å². The van der Waals surface area contributed by atoms with Crippen LogP contribution in [-0.4, -0.2) is 17.2 Å². The van der Waals surface area contributed by atoms with E-state index >= 15 is 0 Å². The summed E-state index contributed by atoms with van der Waals surface area (Å²) in [5, 5.41) is 13.1. The van der Waals surface area contributed by atoms with Crippen molar-refractivity contribution >= 4 is 23.1 Å². The molecule has 0 aliphatic carbocycles. The van der Waals surface area contributed by atoms with Crippen molar-refractivity contribution in [2.45, 2.75) is 13.5 Å².